The molecule has 0 N–H and O–H groups in total. The maximum Gasteiger partial charge on any atom is 0.357 e. The van der Waals surface area contributed by atoms with Gasteiger partial charge in [0.2, 0.25) is 0 Å². The van der Waals surface area contributed by atoms with Gasteiger partial charge in [-0.3, -0.25) is 0 Å². The molecular weight excluding hydrogens is 284 g/mol. The molecule has 0 radical (unpaired) electrons. The zero-order valence-corrected chi connectivity index (χ0v) is 10.8. The maximum atomic E-state index is 11.7. The second kappa shape index (κ2) is 5.14. The summed E-state index contributed by atoms with van der Waals surface area (Å²) in [6.45, 7) is 2.13. The van der Waals surface area contributed by atoms with Gasteiger partial charge in [-0.25, -0.2) is 9.48 Å². The van der Waals surface area contributed by atoms with Crippen LogP contribution in [-0.2, 0) is 4.74 Å². The fraction of sp³-hybridized carbons (Fsp3) is 0.167. The quantitative estimate of drug-likeness (QED) is 0.818. The minimum atomic E-state index is -0.368. The molecule has 0 atom stereocenters. The molecule has 0 bridgehead atoms. The summed E-state index contributed by atoms with van der Waals surface area (Å²) in [5.41, 5.74) is 1.25. The number of halogens is 1. The fourth-order valence-electron chi connectivity index (χ4n) is 1.45. The van der Waals surface area contributed by atoms with Gasteiger partial charge in [0, 0.05) is 4.47 Å². The van der Waals surface area contributed by atoms with Gasteiger partial charge in [0.1, 0.15) is 0 Å². The molecule has 5 heteroatoms. The lowest BCUT2D eigenvalue weighted by molar-refractivity contribution is 0.0516. The van der Waals surface area contributed by atoms with Crippen molar-refractivity contribution in [2.75, 3.05) is 6.61 Å². The number of hydrogen-bond donors (Lipinski definition) is 0. The normalized spacial score (nSPS) is 10.2. The molecule has 0 unspecified atom stereocenters. The fourth-order valence-corrected chi connectivity index (χ4v) is 1.72. The molecule has 0 spiro atoms. The SMILES string of the molecule is CCOC(=O)c1ccnn1-c1ccc(Br)cc1. The Labute approximate surface area is 107 Å². The molecule has 0 aliphatic carbocycles. The van der Waals surface area contributed by atoms with Crippen molar-refractivity contribution in [3.8, 4) is 5.69 Å². The van der Waals surface area contributed by atoms with E-state index in [1.165, 1.54) is 0 Å². The van der Waals surface area contributed by atoms with E-state index in [0.29, 0.717) is 12.3 Å². The molecule has 2 rings (SSSR count). The third-order valence-electron chi connectivity index (χ3n) is 2.20. The van der Waals surface area contributed by atoms with Crippen LogP contribution in [0.2, 0.25) is 0 Å². The van der Waals surface area contributed by atoms with Crippen LogP contribution >= 0.6 is 15.9 Å². The molecule has 0 saturated carbocycles. The number of nitrogens with zero attached hydrogens (tertiary/aromatic N) is 2. The van der Waals surface area contributed by atoms with Gasteiger partial charge in [-0.1, -0.05) is 15.9 Å². The number of carbonyl (C=O) groups is 1. The first kappa shape index (κ1) is 11.9. The van der Waals surface area contributed by atoms with Crippen molar-refractivity contribution in [1.82, 2.24) is 9.78 Å². The Bertz CT molecular complexity index is 520. The van der Waals surface area contributed by atoms with Crippen LogP contribution in [0.3, 0.4) is 0 Å². The van der Waals surface area contributed by atoms with Crippen molar-refractivity contribution < 1.29 is 9.53 Å². The first-order chi connectivity index (χ1) is 8.22. The first-order valence-electron chi connectivity index (χ1n) is 5.19. The van der Waals surface area contributed by atoms with Crippen LogP contribution in [0.15, 0.2) is 41.0 Å². The Balaban J connectivity index is 2.36. The highest BCUT2D eigenvalue weighted by molar-refractivity contribution is 9.10. The van der Waals surface area contributed by atoms with Gasteiger partial charge in [-0.2, -0.15) is 5.10 Å². The highest BCUT2D eigenvalue weighted by Gasteiger charge is 2.13. The van der Waals surface area contributed by atoms with Crippen LogP contribution in [0.4, 0.5) is 0 Å². The summed E-state index contributed by atoms with van der Waals surface area (Å²) < 4.78 is 7.50. The number of esters is 1. The van der Waals surface area contributed by atoms with E-state index >= 15 is 0 Å². The van der Waals surface area contributed by atoms with E-state index in [4.69, 9.17) is 4.74 Å². The molecule has 1 aromatic heterocycles. The molecular formula is C12H11BrN2O2. The van der Waals surface area contributed by atoms with Crippen molar-refractivity contribution in [2.24, 2.45) is 0 Å². The Morgan fingerprint density at radius 2 is 2.06 bits per heavy atom. The number of ether oxygens (including phenoxy) is 1. The third-order valence-corrected chi connectivity index (χ3v) is 2.73. The summed E-state index contributed by atoms with van der Waals surface area (Å²) in [4.78, 5) is 11.7. The summed E-state index contributed by atoms with van der Waals surface area (Å²) in [6, 6.07) is 9.18. The van der Waals surface area contributed by atoms with E-state index in [1.807, 2.05) is 24.3 Å². The first-order valence-corrected chi connectivity index (χ1v) is 5.98. The van der Waals surface area contributed by atoms with Gasteiger partial charge in [0.25, 0.3) is 0 Å². The molecule has 88 valence electrons. The van der Waals surface area contributed by atoms with Crippen LogP contribution in [0.25, 0.3) is 5.69 Å². The van der Waals surface area contributed by atoms with Crippen molar-refractivity contribution in [3.63, 3.8) is 0 Å². The maximum absolute atomic E-state index is 11.7. The van der Waals surface area contributed by atoms with Crippen LogP contribution in [0.5, 0.6) is 0 Å². The minimum Gasteiger partial charge on any atom is -0.461 e. The summed E-state index contributed by atoms with van der Waals surface area (Å²) in [5, 5.41) is 4.12. The number of aromatic nitrogens is 2. The number of carbonyl (C=O) groups excluding carboxylic acids is 1. The lowest BCUT2D eigenvalue weighted by Gasteiger charge is -2.06. The van der Waals surface area contributed by atoms with Crippen LogP contribution in [0, 0.1) is 0 Å². The molecule has 0 fully saturated rings. The smallest absolute Gasteiger partial charge is 0.357 e. The van der Waals surface area contributed by atoms with Gasteiger partial charge in [0.05, 0.1) is 18.5 Å². The van der Waals surface area contributed by atoms with Crippen molar-refractivity contribution in [1.29, 1.82) is 0 Å². The lowest BCUT2D eigenvalue weighted by Crippen LogP contribution is -2.11. The van der Waals surface area contributed by atoms with Crippen LogP contribution in [0.1, 0.15) is 17.4 Å². The summed E-state index contributed by atoms with van der Waals surface area (Å²) in [6.07, 6.45) is 1.58. The van der Waals surface area contributed by atoms with E-state index in [9.17, 15) is 4.79 Å². The Morgan fingerprint density at radius 3 is 2.71 bits per heavy atom. The number of rotatable bonds is 3. The lowest BCUT2D eigenvalue weighted by atomic mass is 10.3. The van der Waals surface area contributed by atoms with Crippen molar-refractivity contribution >= 4 is 21.9 Å². The Hall–Kier alpha value is -1.62. The van der Waals surface area contributed by atoms with E-state index in [1.54, 1.807) is 23.9 Å². The molecule has 4 nitrogen and oxygen atoms in total. The Kier molecular flexibility index (Phi) is 3.58. The predicted octanol–water partition coefficient (Wildman–Crippen LogP) is 2.81. The largest absolute Gasteiger partial charge is 0.461 e. The van der Waals surface area contributed by atoms with Gasteiger partial charge in [0.15, 0.2) is 5.69 Å². The summed E-state index contributed by atoms with van der Waals surface area (Å²) in [5.74, 6) is -0.368. The molecule has 0 aliphatic heterocycles. The molecule has 1 heterocycles. The van der Waals surface area contributed by atoms with E-state index < -0.39 is 0 Å². The molecule has 0 amide bonds. The van der Waals surface area contributed by atoms with Crippen LogP contribution < -0.4 is 0 Å². The average Bonchev–Trinajstić information content (AvgIpc) is 2.79. The number of hydrogen-bond acceptors (Lipinski definition) is 3. The standard InChI is InChI=1S/C12H11BrN2O2/c1-2-17-12(16)11-7-8-14-15(11)10-5-3-9(13)4-6-10/h3-8H,2H2,1H3. The predicted molar refractivity (Wildman–Crippen MR) is 67.2 cm³/mol. The Morgan fingerprint density at radius 1 is 1.35 bits per heavy atom. The highest BCUT2D eigenvalue weighted by atomic mass is 79.9. The van der Waals surface area contributed by atoms with Crippen molar-refractivity contribution in [2.45, 2.75) is 6.92 Å². The zero-order chi connectivity index (χ0) is 12.3. The summed E-state index contributed by atoms with van der Waals surface area (Å²) >= 11 is 3.36. The van der Waals surface area contributed by atoms with E-state index in [-0.39, 0.29) is 5.97 Å². The molecule has 0 saturated heterocycles. The topological polar surface area (TPSA) is 44.1 Å². The zero-order valence-electron chi connectivity index (χ0n) is 9.26. The van der Waals surface area contributed by atoms with Gasteiger partial charge in [-0.05, 0) is 37.3 Å². The monoisotopic (exact) mass is 294 g/mol. The molecule has 17 heavy (non-hydrogen) atoms. The number of benzene rings is 1. The molecule has 0 aliphatic rings. The third kappa shape index (κ3) is 2.55. The van der Waals surface area contributed by atoms with Crippen molar-refractivity contribution in [3.05, 3.63) is 46.7 Å². The molecule has 2 aromatic rings. The average molecular weight is 295 g/mol. The summed E-state index contributed by atoms with van der Waals surface area (Å²) in [7, 11) is 0. The van der Waals surface area contributed by atoms with Crippen LogP contribution in [-0.4, -0.2) is 22.4 Å². The molecule has 1 aromatic carbocycles. The second-order valence-electron chi connectivity index (χ2n) is 3.33. The minimum absolute atomic E-state index is 0.352. The van der Waals surface area contributed by atoms with Gasteiger partial charge in [-0.15, -0.1) is 0 Å². The van der Waals surface area contributed by atoms with E-state index in [2.05, 4.69) is 21.0 Å². The highest BCUT2D eigenvalue weighted by Crippen LogP contribution is 2.15. The van der Waals surface area contributed by atoms with E-state index in [0.717, 1.165) is 10.2 Å². The van der Waals surface area contributed by atoms with Gasteiger partial charge < -0.3 is 4.74 Å². The second-order valence-corrected chi connectivity index (χ2v) is 4.24. The van der Waals surface area contributed by atoms with Gasteiger partial charge >= 0.3 is 5.97 Å².